The zero-order valence-corrected chi connectivity index (χ0v) is 15.1. The second-order valence-electron chi connectivity index (χ2n) is 6.20. The van der Waals surface area contributed by atoms with Crippen molar-refractivity contribution in [1.29, 1.82) is 0 Å². The molecule has 134 valence electrons. The third kappa shape index (κ3) is 4.87. The minimum absolute atomic E-state index is 0.228. The van der Waals surface area contributed by atoms with Crippen LogP contribution in [-0.2, 0) is 6.42 Å². The maximum Gasteiger partial charge on any atom is 0.127 e. The van der Waals surface area contributed by atoms with Crippen molar-refractivity contribution < 1.29 is 9.47 Å². The van der Waals surface area contributed by atoms with Crippen LogP contribution in [0.5, 0.6) is 17.2 Å². The molecule has 0 aliphatic rings. The maximum absolute atomic E-state index is 6.08. The van der Waals surface area contributed by atoms with E-state index >= 15 is 0 Å². The Morgan fingerprint density at radius 2 is 1.54 bits per heavy atom. The largest absolute Gasteiger partial charge is 0.494 e. The lowest BCUT2D eigenvalue weighted by Gasteiger charge is -2.17. The smallest absolute Gasteiger partial charge is 0.127 e. The van der Waals surface area contributed by atoms with Crippen LogP contribution < -0.4 is 15.2 Å². The van der Waals surface area contributed by atoms with Crippen LogP contribution in [0.1, 0.15) is 24.0 Å². The van der Waals surface area contributed by atoms with Gasteiger partial charge in [-0.05, 0) is 67.4 Å². The van der Waals surface area contributed by atoms with Crippen LogP contribution >= 0.6 is 0 Å². The molecule has 3 heteroatoms. The summed E-state index contributed by atoms with van der Waals surface area (Å²) in [4.78, 5) is 0. The molecule has 0 bridgehead atoms. The van der Waals surface area contributed by atoms with Crippen LogP contribution in [0.15, 0.2) is 78.9 Å². The molecule has 0 fully saturated rings. The first-order chi connectivity index (χ1) is 12.8. The highest BCUT2D eigenvalue weighted by atomic mass is 16.5. The predicted molar refractivity (Wildman–Crippen MR) is 106 cm³/mol. The first kappa shape index (κ1) is 18.0. The second-order valence-corrected chi connectivity index (χ2v) is 6.20. The van der Waals surface area contributed by atoms with E-state index in [0.717, 1.165) is 23.7 Å². The van der Waals surface area contributed by atoms with E-state index < -0.39 is 0 Å². The third-order valence-electron chi connectivity index (χ3n) is 4.28. The Hall–Kier alpha value is -2.78. The summed E-state index contributed by atoms with van der Waals surface area (Å²) in [6.45, 7) is 3.24. The normalized spacial score (nSPS) is 11.8. The zero-order valence-electron chi connectivity index (χ0n) is 15.1. The van der Waals surface area contributed by atoms with Crippen molar-refractivity contribution in [1.82, 2.24) is 0 Å². The number of hydrogen-bond donors (Lipinski definition) is 1. The lowest BCUT2D eigenvalue weighted by Crippen LogP contribution is -2.15. The molecule has 26 heavy (non-hydrogen) atoms. The standard InChI is InChI=1S/C23H25NO2/c1-2-25-22-12-6-8-18(15-22)14-20(17-24)19-9-7-13-23(16-19)26-21-10-4-3-5-11-21/h3-13,15-16,20H,2,14,17,24H2,1H3. The fourth-order valence-electron chi connectivity index (χ4n) is 3.01. The van der Waals surface area contributed by atoms with E-state index in [2.05, 4.69) is 24.3 Å². The molecule has 0 spiro atoms. The van der Waals surface area contributed by atoms with Gasteiger partial charge in [0.2, 0.25) is 0 Å². The summed E-state index contributed by atoms with van der Waals surface area (Å²) < 4.78 is 11.6. The van der Waals surface area contributed by atoms with Gasteiger partial charge in [0.05, 0.1) is 6.61 Å². The van der Waals surface area contributed by atoms with Gasteiger partial charge in [-0.15, -0.1) is 0 Å². The SMILES string of the molecule is CCOc1cccc(CC(CN)c2cccc(Oc3ccccc3)c2)c1. The van der Waals surface area contributed by atoms with Gasteiger partial charge in [-0.3, -0.25) is 0 Å². The second kappa shape index (κ2) is 9.07. The lowest BCUT2D eigenvalue weighted by atomic mass is 9.92. The summed E-state index contributed by atoms with van der Waals surface area (Å²) >= 11 is 0. The summed E-state index contributed by atoms with van der Waals surface area (Å²) in [7, 11) is 0. The maximum atomic E-state index is 6.08. The third-order valence-corrected chi connectivity index (χ3v) is 4.28. The molecule has 0 aliphatic carbocycles. The number of para-hydroxylation sites is 1. The van der Waals surface area contributed by atoms with Crippen molar-refractivity contribution >= 4 is 0 Å². The summed E-state index contributed by atoms with van der Waals surface area (Å²) in [6, 6.07) is 26.2. The van der Waals surface area contributed by atoms with Crippen LogP contribution in [0.3, 0.4) is 0 Å². The minimum Gasteiger partial charge on any atom is -0.494 e. The molecule has 0 radical (unpaired) electrons. The summed E-state index contributed by atoms with van der Waals surface area (Å²) in [5, 5.41) is 0. The van der Waals surface area contributed by atoms with E-state index in [9.17, 15) is 0 Å². The number of benzene rings is 3. The first-order valence-corrected chi connectivity index (χ1v) is 9.03. The summed E-state index contributed by atoms with van der Waals surface area (Å²) in [5.41, 5.74) is 8.49. The van der Waals surface area contributed by atoms with Gasteiger partial charge in [0, 0.05) is 5.92 Å². The number of ether oxygens (including phenoxy) is 2. The predicted octanol–water partition coefficient (Wildman–Crippen LogP) is 5.16. The van der Waals surface area contributed by atoms with Crippen LogP contribution in [-0.4, -0.2) is 13.2 Å². The molecule has 3 nitrogen and oxygen atoms in total. The quantitative estimate of drug-likeness (QED) is 0.612. The van der Waals surface area contributed by atoms with Gasteiger partial charge in [-0.1, -0.05) is 42.5 Å². The lowest BCUT2D eigenvalue weighted by molar-refractivity contribution is 0.340. The average Bonchev–Trinajstić information content (AvgIpc) is 2.68. The number of nitrogens with two attached hydrogens (primary N) is 1. The molecule has 0 heterocycles. The molecule has 1 atom stereocenters. The first-order valence-electron chi connectivity index (χ1n) is 9.03. The molecule has 3 aromatic rings. The van der Waals surface area contributed by atoms with Gasteiger partial charge in [0.15, 0.2) is 0 Å². The molecule has 0 saturated heterocycles. The molecule has 0 aromatic heterocycles. The monoisotopic (exact) mass is 347 g/mol. The molecule has 3 aromatic carbocycles. The van der Waals surface area contributed by atoms with E-state index in [4.69, 9.17) is 15.2 Å². The Kier molecular flexibility index (Phi) is 6.29. The Balaban J connectivity index is 1.75. The average molecular weight is 347 g/mol. The van der Waals surface area contributed by atoms with E-state index in [0.29, 0.717) is 13.2 Å². The molecule has 2 N–H and O–H groups in total. The Morgan fingerprint density at radius 3 is 2.31 bits per heavy atom. The van der Waals surface area contributed by atoms with E-state index in [1.54, 1.807) is 0 Å². The van der Waals surface area contributed by atoms with Crippen molar-refractivity contribution in [2.24, 2.45) is 5.73 Å². The van der Waals surface area contributed by atoms with Crippen LogP contribution in [0.4, 0.5) is 0 Å². The van der Waals surface area contributed by atoms with E-state index in [1.165, 1.54) is 11.1 Å². The van der Waals surface area contributed by atoms with Gasteiger partial charge in [0.25, 0.3) is 0 Å². The molecule has 0 aliphatic heterocycles. The fourth-order valence-corrected chi connectivity index (χ4v) is 3.01. The molecule has 0 saturated carbocycles. The molecule has 3 rings (SSSR count). The molecular weight excluding hydrogens is 322 g/mol. The van der Waals surface area contributed by atoms with Crippen molar-refractivity contribution in [3.63, 3.8) is 0 Å². The van der Waals surface area contributed by atoms with Gasteiger partial charge < -0.3 is 15.2 Å². The van der Waals surface area contributed by atoms with Crippen molar-refractivity contribution in [2.45, 2.75) is 19.3 Å². The Bertz CT molecular complexity index is 817. The van der Waals surface area contributed by atoms with Crippen molar-refractivity contribution in [3.05, 3.63) is 90.0 Å². The van der Waals surface area contributed by atoms with Gasteiger partial charge in [-0.2, -0.15) is 0 Å². The topological polar surface area (TPSA) is 44.5 Å². The van der Waals surface area contributed by atoms with Crippen LogP contribution in [0.25, 0.3) is 0 Å². The summed E-state index contributed by atoms with van der Waals surface area (Å²) in [5.74, 6) is 2.79. The Labute approximate surface area is 155 Å². The highest BCUT2D eigenvalue weighted by Gasteiger charge is 2.12. The summed E-state index contributed by atoms with van der Waals surface area (Å²) in [6.07, 6.45) is 0.867. The van der Waals surface area contributed by atoms with Gasteiger partial charge in [-0.25, -0.2) is 0 Å². The highest BCUT2D eigenvalue weighted by Crippen LogP contribution is 2.27. The number of rotatable bonds is 8. The molecule has 0 amide bonds. The van der Waals surface area contributed by atoms with Gasteiger partial charge in [0.1, 0.15) is 17.2 Å². The number of hydrogen-bond acceptors (Lipinski definition) is 3. The van der Waals surface area contributed by atoms with Crippen LogP contribution in [0.2, 0.25) is 0 Å². The van der Waals surface area contributed by atoms with Crippen molar-refractivity contribution in [2.75, 3.05) is 13.2 Å². The zero-order chi connectivity index (χ0) is 18.2. The highest BCUT2D eigenvalue weighted by molar-refractivity contribution is 5.37. The van der Waals surface area contributed by atoms with Gasteiger partial charge >= 0.3 is 0 Å². The Morgan fingerprint density at radius 1 is 0.808 bits per heavy atom. The van der Waals surface area contributed by atoms with E-state index in [-0.39, 0.29) is 5.92 Å². The fraction of sp³-hybridized carbons (Fsp3) is 0.217. The van der Waals surface area contributed by atoms with E-state index in [1.807, 2.05) is 61.5 Å². The molecule has 1 unspecified atom stereocenters. The van der Waals surface area contributed by atoms with Crippen LogP contribution in [0, 0.1) is 0 Å². The minimum atomic E-state index is 0.228. The van der Waals surface area contributed by atoms with Crippen molar-refractivity contribution in [3.8, 4) is 17.2 Å². The molecular formula is C23H25NO2.